The Morgan fingerprint density at radius 2 is 1.71 bits per heavy atom. The van der Waals surface area contributed by atoms with Gasteiger partial charge in [0.15, 0.2) is 0 Å². The number of nitrogens with zero attached hydrogens (tertiary/aromatic N) is 1. The van der Waals surface area contributed by atoms with E-state index in [1.807, 2.05) is 36.4 Å². The molecule has 1 fully saturated rings. The van der Waals surface area contributed by atoms with Gasteiger partial charge in [-0.15, -0.1) is 0 Å². The lowest BCUT2D eigenvalue weighted by Crippen LogP contribution is -2.43. The lowest BCUT2D eigenvalue weighted by atomic mass is 10.1. The second-order valence-electron chi connectivity index (χ2n) is 6.68. The maximum Gasteiger partial charge on any atom is 0.263 e. The minimum absolute atomic E-state index is 0.0292. The van der Waals surface area contributed by atoms with Crippen molar-refractivity contribution in [3.63, 3.8) is 0 Å². The molecule has 0 bridgehead atoms. The average Bonchev–Trinajstić information content (AvgIpc) is 2.70. The minimum atomic E-state index is -3.90. The Hall–Kier alpha value is -2.48. The highest BCUT2D eigenvalue weighted by Crippen LogP contribution is 2.37. The van der Waals surface area contributed by atoms with Gasteiger partial charge in [0.25, 0.3) is 10.0 Å². The van der Waals surface area contributed by atoms with Crippen LogP contribution in [0, 0.1) is 0 Å². The number of hydrogen-bond donors (Lipinski definition) is 3. The maximum absolute atomic E-state index is 13.0. The van der Waals surface area contributed by atoms with Crippen LogP contribution in [-0.4, -0.2) is 34.6 Å². The van der Waals surface area contributed by atoms with Crippen molar-refractivity contribution >= 4 is 49.5 Å². The van der Waals surface area contributed by atoms with Crippen LogP contribution in [0.5, 0.6) is 0 Å². The predicted molar refractivity (Wildman–Crippen MR) is 116 cm³/mol. The standard InChI is InChI=1S/C20H21ClN4O2S/c21-19-18(9-8-17(20(19)22)25-12-10-23-11-13-25)28(26,27)24-16-7-3-5-14-4-1-2-6-15(14)16/h1-9,23-24H,10-13,22H2. The van der Waals surface area contributed by atoms with Gasteiger partial charge in [0.1, 0.15) is 4.90 Å². The molecule has 4 rings (SSSR count). The number of fused-ring (bicyclic) bond motifs is 1. The molecule has 0 atom stereocenters. The van der Waals surface area contributed by atoms with Crippen molar-refractivity contribution in [1.82, 2.24) is 5.32 Å². The SMILES string of the molecule is Nc1c(N2CCNCC2)ccc(S(=O)(=O)Nc2cccc3ccccc23)c1Cl. The molecule has 3 aromatic carbocycles. The summed E-state index contributed by atoms with van der Waals surface area (Å²) in [4.78, 5) is 2.07. The number of sulfonamides is 1. The van der Waals surface area contributed by atoms with Gasteiger partial charge in [-0.1, -0.05) is 48.0 Å². The third-order valence-corrected chi connectivity index (χ3v) is 6.83. The molecular weight excluding hydrogens is 396 g/mol. The summed E-state index contributed by atoms with van der Waals surface area (Å²) in [6, 6.07) is 16.3. The predicted octanol–water partition coefficient (Wildman–Crippen LogP) is 3.29. The summed E-state index contributed by atoms with van der Waals surface area (Å²) in [5, 5.41) is 5.08. The van der Waals surface area contributed by atoms with E-state index < -0.39 is 10.0 Å². The second kappa shape index (κ2) is 7.50. The quantitative estimate of drug-likeness (QED) is 0.568. The van der Waals surface area contributed by atoms with E-state index in [0.717, 1.165) is 42.6 Å². The fourth-order valence-corrected chi connectivity index (χ4v) is 5.10. The molecule has 8 heteroatoms. The van der Waals surface area contributed by atoms with Crippen LogP contribution in [0.2, 0.25) is 5.02 Å². The van der Waals surface area contributed by atoms with Crippen molar-refractivity contribution < 1.29 is 8.42 Å². The lowest BCUT2D eigenvalue weighted by molar-refractivity contribution is 0.589. The van der Waals surface area contributed by atoms with Gasteiger partial charge in [0, 0.05) is 31.6 Å². The van der Waals surface area contributed by atoms with Gasteiger partial charge in [-0.3, -0.25) is 4.72 Å². The van der Waals surface area contributed by atoms with Crippen molar-refractivity contribution in [2.45, 2.75) is 4.90 Å². The lowest BCUT2D eigenvalue weighted by Gasteiger charge is -2.31. The summed E-state index contributed by atoms with van der Waals surface area (Å²) < 4.78 is 28.7. The highest BCUT2D eigenvalue weighted by atomic mass is 35.5. The summed E-state index contributed by atoms with van der Waals surface area (Å²) in [5.74, 6) is 0. The van der Waals surface area contributed by atoms with Crippen LogP contribution in [0.4, 0.5) is 17.1 Å². The molecule has 1 heterocycles. The van der Waals surface area contributed by atoms with Crippen molar-refractivity contribution in [3.05, 3.63) is 59.6 Å². The number of rotatable bonds is 4. The normalized spacial score (nSPS) is 15.0. The number of nitrogens with two attached hydrogens (primary N) is 1. The highest BCUT2D eigenvalue weighted by Gasteiger charge is 2.24. The van der Waals surface area contributed by atoms with E-state index in [1.165, 1.54) is 6.07 Å². The van der Waals surface area contributed by atoms with Crippen LogP contribution in [0.3, 0.4) is 0 Å². The fraction of sp³-hybridized carbons (Fsp3) is 0.200. The minimum Gasteiger partial charge on any atom is -0.396 e. The summed E-state index contributed by atoms with van der Waals surface area (Å²) in [6.45, 7) is 3.28. The molecule has 0 spiro atoms. The van der Waals surface area contributed by atoms with Gasteiger partial charge in [-0.05, 0) is 23.6 Å². The Kier molecular flexibility index (Phi) is 5.05. The first-order valence-corrected chi connectivity index (χ1v) is 10.9. The zero-order valence-corrected chi connectivity index (χ0v) is 16.7. The van der Waals surface area contributed by atoms with Gasteiger partial charge in [-0.25, -0.2) is 8.42 Å². The highest BCUT2D eigenvalue weighted by molar-refractivity contribution is 7.92. The Morgan fingerprint density at radius 3 is 2.50 bits per heavy atom. The van der Waals surface area contributed by atoms with E-state index in [9.17, 15) is 8.42 Å². The topological polar surface area (TPSA) is 87.5 Å². The molecule has 0 saturated carbocycles. The average molecular weight is 417 g/mol. The van der Waals surface area contributed by atoms with Gasteiger partial charge < -0.3 is 16.0 Å². The van der Waals surface area contributed by atoms with Crippen LogP contribution in [0.25, 0.3) is 10.8 Å². The number of halogens is 1. The smallest absolute Gasteiger partial charge is 0.263 e. The second-order valence-corrected chi connectivity index (χ2v) is 8.71. The molecule has 0 unspecified atom stereocenters. The molecule has 3 aromatic rings. The van der Waals surface area contributed by atoms with E-state index in [0.29, 0.717) is 5.69 Å². The zero-order chi connectivity index (χ0) is 19.7. The molecule has 0 radical (unpaired) electrons. The van der Waals surface area contributed by atoms with Crippen LogP contribution >= 0.6 is 11.6 Å². The molecule has 0 aliphatic carbocycles. The summed E-state index contributed by atoms with van der Waals surface area (Å²) >= 11 is 6.40. The summed E-state index contributed by atoms with van der Waals surface area (Å²) in [6.07, 6.45) is 0. The molecule has 0 aromatic heterocycles. The van der Waals surface area contributed by atoms with Crippen molar-refractivity contribution in [2.75, 3.05) is 41.5 Å². The number of anilines is 3. The van der Waals surface area contributed by atoms with Gasteiger partial charge in [0.05, 0.1) is 22.1 Å². The van der Waals surface area contributed by atoms with E-state index in [2.05, 4.69) is 14.9 Å². The van der Waals surface area contributed by atoms with E-state index in [-0.39, 0.29) is 15.6 Å². The van der Waals surface area contributed by atoms with Crippen LogP contribution in [0.1, 0.15) is 0 Å². The first kappa shape index (κ1) is 18.9. The molecule has 4 N–H and O–H groups in total. The molecule has 28 heavy (non-hydrogen) atoms. The third-order valence-electron chi connectivity index (χ3n) is 4.90. The Bertz CT molecular complexity index is 1120. The number of piperazine rings is 1. The largest absolute Gasteiger partial charge is 0.396 e. The van der Waals surface area contributed by atoms with Crippen LogP contribution in [0.15, 0.2) is 59.5 Å². The molecule has 0 amide bonds. The third kappa shape index (κ3) is 3.48. The Morgan fingerprint density at radius 1 is 1.00 bits per heavy atom. The Labute approximate surface area is 169 Å². The molecule has 1 aliphatic heterocycles. The van der Waals surface area contributed by atoms with Gasteiger partial charge >= 0.3 is 0 Å². The van der Waals surface area contributed by atoms with Crippen LogP contribution < -0.4 is 20.7 Å². The molecule has 1 aliphatic rings. The molecule has 6 nitrogen and oxygen atoms in total. The van der Waals surface area contributed by atoms with Gasteiger partial charge in [-0.2, -0.15) is 0 Å². The summed E-state index contributed by atoms with van der Waals surface area (Å²) in [5.41, 5.74) is 7.75. The molecular formula is C20H21ClN4O2S. The first-order valence-electron chi connectivity index (χ1n) is 9.01. The van der Waals surface area contributed by atoms with Crippen molar-refractivity contribution in [2.24, 2.45) is 0 Å². The van der Waals surface area contributed by atoms with E-state index in [1.54, 1.807) is 12.1 Å². The van der Waals surface area contributed by atoms with Crippen molar-refractivity contribution in [1.29, 1.82) is 0 Å². The summed E-state index contributed by atoms with van der Waals surface area (Å²) in [7, 11) is -3.90. The number of benzene rings is 3. The Balaban J connectivity index is 1.70. The number of hydrogen-bond acceptors (Lipinski definition) is 5. The van der Waals surface area contributed by atoms with E-state index >= 15 is 0 Å². The first-order chi connectivity index (χ1) is 13.5. The van der Waals surface area contributed by atoms with Gasteiger partial charge in [0.2, 0.25) is 0 Å². The number of nitrogens with one attached hydrogen (secondary N) is 2. The monoisotopic (exact) mass is 416 g/mol. The van der Waals surface area contributed by atoms with E-state index in [4.69, 9.17) is 17.3 Å². The number of nitrogen functional groups attached to an aromatic ring is 1. The molecule has 1 saturated heterocycles. The fourth-order valence-electron chi connectivity index (χ4n) is 3.47. The molecule has 146 valence electrons. The van der Waals surface area contributed by atoms with Crippen molar-refractivity contribution in [3.8, 4) is 0 Å². The zero-order valence-electron chi connectivity index (χ0n) is 15.2. The van der Waals surface area contributed by atoms with Crippen LogP contribution in [-0.2, 0) is 10.0 Å². The maximum atomic E-state index is 13.0.